The molecule has 2 aromatic rings. The molecule has 0 aliphatic carbocycles. The molecule has 1 aliphatic heterocycles. The van der Waals surface area contributed by atoms with Crippen molar-refractivity contribution in [1.29, 1.82) is 0 Å². The summed E-state index contributed by atoms with van der Waals surface area (Å²) in [6.45, 7) is 5.05. The third-order valence-electron chi connectivity index (χ3n) is 4.38. The molecule has 25 heavy (non-hydrogen) atoms. The normalized spacial score (nSPS) is 17.2. The summed E-state index contributed by atoms with van der Waals surface area (Å²) in [6.07, 6.45) is 4.37. The Morgan fingerprint density at radius 1 is 1.32 bits per heavy atom. The van der Waals surface area contributed by atoms with Crippen LogP contribution in [0.5, 0.6) is 0 Å². The molecule has 3 rings (SSSR count). The first kappa shape index (κ1) is 18.0. The fourth-order valence-electron chi connectivity index (χ4n) is 3.04. The molecule has 2 N–H and O–H groups in total. The molecular formula is C19H23ClN4S. The van der Waals surface area contributed by atoms with Crippen LogP contribution in [0, 0.1) is 5.92 Å². The Kier molecular flexibility index (Phi) is 6.10. The number of thiocarbonyl (C=S) groups is 1. The minimum atomic E-state index is 0.557. The van der Waals surface area contributed by atoms with Crippen molar-refractivity contribution >= 4 is 40.4 Å². The topological polar surface area (TPSA) is 40.2 Å². The number of rotatable bonds is 4. The Hall–Kier alpha value is -1.85. The van der Waals surface area contributed by atoms with Gasteiger partial charge in [0.15, 0.2) is 5.11 Å². The molecule has 6 heteroatoms. The van der Waals surface area contributed by atoms with E-state index in [4.69, 9.17) is 23.8 Å². The van der Waals surface area contributed by atoms with E-state index in [0.29, 0.717) is 11.7 Å². The predicted molar refractivity (Wildman–Crippen MR) is 109 cm³/mol. The van der Waals surface area contributed by atoms with E-state index >= 15 is 0 Å². The monoisotopic (exact) mass is 374 g/mol. The summed E-state index contributed by atoms with van der Waals surface area (Å²) < 4.78 is 0. The van der Waals surface area contributed by atoms with Crippen LogP contribution >= 0.6 is 23.8 Å². The molecule has 0 bridgehead atoms. The van der Waals surface area contributed by atoms with Gasteiger partial charge in [0, 0.05) is 24.7 Å². The number of piperidine rings is 1. The maximum absolute atomic E-state index is 6.15. The number of halogens is 1. The minimum absolute atomic E-state index is 0.557. The molecule has 1 aliphatic rings. The number of anilines is 2. The molecule has 1 saturated heterocycles. The van der Waals surface area contributed by atoms with E-state index in [1.807, 2.05) is 36.5 Å². The average Bonchev–Trinajstić information content (AvgIpc) is 2.62. The van der Waals surface area contributed by atoms with Crippen molar-refractivity contribution in [3.63, 3.8) is 0 Å². The minimum Gasteiger partial charge on any atom is -0.358 e. The van der Waals surface area contributed by atoms with Crippen LogP contribution in [0.3, 0.4) is 0 Å². The molecule has 4 nitrogen and oxygen atoms in total. The lowest BCUT2D eigenvalue weighted by Gasteiger charge is -2.31. The molecule has 0 saturated carbocycles. The lowest BCUT2D eigenvalue weighted by molar-refractivity contribution is 0.444. The van der Waals surface area contributed by atoms with E-state index in [2.05, 4.69) is 33.5 Å². The van der Waals surface area contributed by atoms with Gasteiger partial charge in [0.25, 0.3) is 0 Å². The summed E-state index contributed by atoms with van der Waals surface area (Å²) >= 11 is 11.5. The summed E-state index contributed by atoms with van der Waals surface area (Å²) in [4.78, 5) is 6.93. The van der Waals surface area contributed by atoms with E-state index in [0.717, 1.165) is 41.1 Å². The Bertz CT molecular complexity index is 720. The second kappa shape index (κ2) is 8.50. The fourth-order valence-corrected chi connectivity index (χ4v) is 3.43. The summed E-state index contributed by atoms with van der Waals surface area (Å²) in [6, 6.07) is 11.8. The van der Waals surface area contributed by atoms with Crippen LogP contribution in [0.4, 0.5) is 11.5 Å². The van der Waals surface area contributed by atoms with Gasteiger partial charge in [-0.3, -0.25) is 0 Å². The van der Waals surface area contributed by atoms with Crippen molar-refractivity contribution in [2.24, 2.45) is 5.92 Å². The van der Waals surface area contributed by atoms with E-state index in [-0.39, 0.29) is 0 Å². The average molecular weight is 375 g/mol. The summed E-state index contributed by atoms with van der Waals surface area (Å²) in [7, 11) is 0. The zero-order valence-electron chi connectivity index (χ0n) is 14.3. The van der Waals surface area contributed by atoms with Crippen molar-refractivity contribution < 1.29 is 0 Å². The van der Waals surface area contributed by atoms with Crippen LogP contribution in [0.1, 0.15) is 25.3 Å². The second-order valence-corrected chi connectivity index (χ2v) is 7.31. The third-order valence-corrected chi connectivity index (χ3v) is 5.00. The number of hydrogen-bond donors (Lipinski definition) is 2. The van der Waals surface area contributed by atoms with Gasteiger partial charge in [0.05, 0.1) is 11.9 Å². The molecule has 0 spiro atoms. The highest BCUT2D eigenvalue weighted by Crippen LogP contribution is 2.22. The fraction of sp³-hybridized carbons (Fsp3) is 0.368. The van der Waals surface area contributed by atoms with Crippen LogP contribution < -0.4 is 15.5 Å². The second-order valence-electron chi connectivity index (χ2n) is 6.50. The van der Waals surface area contributed by atoms with Gasteiger partial charge >= 0.3 is 0 Å². The quantitative estimate of drug-likeness (QED) is 0.773. The lowest BCUT2D eigenvalue weighted by atomic mass is 10.0. The van der Waals surface area contributed by atoms with Crippen LogP contribution in [0.2, 0.25) is 5.02 Å². The number of hydrogen-bond acceptors (Lipinski definition) is 3. The van der Waals surface area contributed by atoms with Crippen molar-refractivity contribution in [1.82, 2.24) is 10.3 Å². The van der Waals surface area contributed by atoms with Crippen LogP contribution in [-0.2, 0) is 6.54 Å². The van der Waals surface area contributed by atoms with Gasteiger partial charge in [0.2, 0.25) is 0 Å². The van der Waals surface area contributed by atoms with E-state index in [9.17, 15) is 0 Å². The van der Waals surface area contributed by atoms with Gasteiger partial charge in [-0.05, 0) is 54.7 Å². The van der Waals surface area contributed by atoms with Crippen molar-refractivity contribution in [3.05, 3.63) is 53.2 Å². The predicted octanol–water partition coefficient (Wildman–Crippen LogP) is 4.46. The largest absolute Gasteiger partial charge is 0.358 e. The van der Waals surface area contributed by atoms with Gasteiger partial charge in [-0.1, -0.05) is 36.7 Å². The molecule has 0 unspecified atom stereocenters. The molecule has 0 amide bonds. The maximum Gasteiger partial charge on any atom is 0.171 e. The number of nitrogens with zero attached hydrogens (tertiary/aromatic N) is 2. The molecular weight excluding hydrogens is 352 g/mol. The third kappa shape index (κ3) is 5.06. The van der Waals surface area contributed by atoms with Gasteiger partial charge in [0.1, 0.15) is 5.82 Å². The zero-order valence-corrected chi connectivity index (χ0v) is 15.9. The number of benzene rings is 1. The molecule has 1 fully saturated rings. The first-order valence-electron chi connectivity index (χ1n) is 8.61. The molecule has 1 aromatic carbocycles. The molecule has 1 aromatic heterocycles. The van der Waals surface area contributed by atoms with Gasteiger partial charge in [-0.15, -0.1) is 0 Å². The highest BCUT2D eigenvalue weighted by molar-refractivity contribution is 7.80. The molecule has 1 atom stereocenters. The van der Waals surface area contributed by atoms with Gasteiger partial charge in [-0.25, -0.2) is 4.98 Å². The summed E-state index contributed by atoms with van der Waals surface area (Å²) in [5.74, 6) is 1.77. The summed E-state index contributed by atoms with van der Waals surface area (Å²) in [5, 5.41) is 7.63. The smallest absolute Gasteiger partial charge is 0.171 e. The van der Waals surface area contributed by atoms with E-state index < -0.39 is 0 Å². The zero-order chi connectivity index (χ0) is 17.6. The Morgan fingerprint density at radius 3 is 2.88 bits per heavy atom. The first-order valence-corrected chi connectivity index (χ1v) is 9.39. The van der Waals surface area contributed by atoms with E-state index in [1.54, 1.807) is 0 Å². The van der Waals surface area contributed by atoms with E-state index in [1.165, 1.54) is 12.8 Å². The number of pyridine rings is 1. The summed E-state index contributed by atoms with van der Waals surface area (Å²) in [5.41, 5.74) is 1.89. The number of nitrogens with one attached hydrogen (secondary N) is 2. The van der Waals surface area contributed by atoms with Crippen LogP contribution in [-0.4, -0.2) is 23.2 Å². The highest BCUT2D eigenvalue weighted by atomic mass is 35.5. The molecule has 0 radical (unpaired) electrons. The lowest BCUT2D eigenvalue weighted by Crippen LogP contribution is -2.34. The standard InChI is InChI=1S/C19H23ClN4S/c1-14-5-4-10-24(13-14)18-9-8-16(12-21-18)23-19(25)22-11-15-6-2-3-7-17(15)20/h2-3,6-9,12,14H,4-5,10-11,13H2,1H3,(H2,22,23,25)/t14-/m0/s1. The van der Waals surface area contributed by atoms with Crippen LogP contribution in [0.25, 0.3) is 0 Å². The van der Waals surface area contributed by atoms with Crippen molar-refractivity contribution in [3.8, 4) is 0 Å². The molecule has 132 valence electrons. The van der Waals surface area contributed by atoms with Crippen molar-refractivity contribution in [2.75, 3.05) is 23.3 Å². The first-order chi connectivity index (χ1) is 12.1. The highest BCUT2D eigenvalue weighted by Gasteiger charge is 2.17. The SMILES string of the molecule is C[C@H]1CCCN(c2ccc(NC(=S)NCc3ccccc3Cl)cn2)C1. The Balaban J connectivity index is 1.52. The van der Waals surface area contributed by atoms with Gasteiger partial charge < -0.3 is 15.5 Å². The van der Waals surface area contributed by atoms with Crippen molar-refractivity contribution in [2.45, 2.75) is 26.3 Å². The molecule has 2 heterocycles. The van der Waals surface area contributed by atoms with Gasteiger partial charge in [-0.2, -0.15) is 0 Å². The van der Waals surface area contributed by atoms with Crippen LogP contribution in [0.15, 0.2) is 42.6 Å². The maximum atomic E-state index is 6.15. The Labute approximate surface area is 159 Å². The number of aromatic nitrogens is 1. The Morgan fingerprint density at radius 2 is 2.16 bits per heavy atom.